The number of carbonyl (C=O) groups is 1. The lowest BCUT2D eigenvalue weighted by molar-refractivity contribution is 0.0669. The third-order valence-corrected chi connectivity index (χ3v) is 5.81. The van der Waals surface area contributed by atoms with Crippen molar-refractivity contribution < 1.29 is 13.6 Å². The van der Waals surface area contributed by atoms with Crippen molar-refractivity contribution in [2.45, 2.75) is 19.4 Å². The molecule has 0 aliphatic carbocycles. The highest BCUT2D eigenvalue weighted by Gasteiger charge is 2.30. The molecule has 0 radical (unpaired) electrons. The van der Waals surface area contributed by atoms with E-state index in [1.807, 2.05) is 6.92 Å². The number of piperazine rings is 1. The third-order valence-electron chi connectivity index (χ3n) is 5.00. The van der Waals surface area contributed by atoms with Crippen LogP contribution >= 0.6 is 11.5 Å². The van der Waals surface area contributed by atoms with Crippen molar-refractivity contribution in [1.29, 1.82) is 0 Å². The molecule has 2 heterocycles. The summed E-state index contributed by atoms with van der Waals surface area (Å²) in [5.74, 6) is -0.363. The Morgan fingerprint density at radius 3 is 2.62 bits per heavy atom. The first-order valence-corrected chi connectivity index (χ1v) is 10.2. The van der Waals surface area contributed by atoms with Crippen LogP contribution in [0.3, 0.4) is 0 Å². The van der Waals surface area contributed by atoms with Crippen LogP contribution in [0.1, 0.15) is 28.7 Å². The van der Waals surface area contributed by atoms with Crippen LogP contribution in [0.15, 0.2) is 48.5 Å². The van der Waals surface area contributed by atoms with Gasteiger partial charge in [-0.15, -0.1) is 0 Å². The van der Waals surface area contributed by atoms with Crippen LogP contribution < -0.4 is 4.90 Å². The summed E-state index contributed by atoms with van der Waals surface area (Å²) in [6, 6.07) is 12.3. The molecule has 1 saturated heterocycles. The maximum Gasteiger partial charge on any atom is 0.257 e. The van der Waals surface area contributed by atoms with Crippen molar-refractivity contribution >= 4 is 22.6 Å². The van der Waals surface area contributed by atoms with Gasteiger partial charge in [-0.05, 0) is 36.8 Å². The summed E-state index contributed by atoms with van der Waals surface area (Å²) in [4.78, 5) is 21.1. The summed E-state index contributed by atoms with van der Waals surface area (Å²) in [5.41, 5.74) is 1.05. The highest BCUT2D eigenvalue weighted by Crippen LogP contribution is 2.24. The SMILES string of the molecule is CC1CN(c2nc(Cc3ccc(F)cc3)ns2)CCN1C(=O)c1ccccc1F. The zero-order chi connectivity index (χ0) is 20.4. The molecular formula is C21H20F2N4OS. The average Bonchev–Trinajstić information content (AvgIpc) is 3.18. The van der Waals surface area contributed by atoms with Crippen LogP contribution in [0.5, 0.6) is 0 Å². The van der Waals surface area contributed by atoms with Crippen molar-refractivity contribution in [1.82, 2.24) is 14.3 Å². The molecule has 8 heteroatoms. The normalized spacial score (nSPS) is 16.9. The Bertz CT molecular complexity index is 1010. The molecule has 0 N–H and O–H groups in total. The second-order valence-electron chi connectivity index (χ2n) is 7.07. The van der Waals surface area contributed by atoms with Crippen molar-refractivity contribution in [2.24, 2.45) is 0 Å². The topological polar surface area (TPSA) is 49.3 Å². The van der Waals surface area contributed by atoms with E-state index >= 15 is 0 Å². The smallest absolute Gasteiger partial charge is 0.257 e. The molecule has 1 aliphatic heterocycles. The fraction of sp³-hybridized carbons (Fsp3) is 0.286. The summed E-state index contributed by atoms with van der Waals surface area (Å²) in [7, 11) is 0. The number of benzene rings is 2. The number of carbonyl (C=O) groups excluding carboxylic acids is 1. The molecule has 1 atom stereocenters. The van der Waals surface area contributed by atoms with Gasteiger partial charge in [-0.3, -0.25) is 4.79 Å². The molecule has 1 fully saturated rings. The minimum absolute atomic E-state index is 0.0831. The summed E-state index contributed by atoms with van der Waals surface area (Å²) >= 11 is 1.32. The van der Waals surface area contributed by atoms with Gasteiger partial charge in [0.2, 0.25) is 5.13 Å². The van der Waals surface area contributed by atoms with Gasteiger partial charge in [0.25, 0.3) is 5.91 Å². The molecule has 3 aromatic rings. The van der Waals surface area contributed by atoms with Gasteiger partial charge in [0.05, 0.1) is 5.56 Å². The largest absolute Gasteiger partial charge is 0.343 e. The van der Waals surface area contributed by atoms with Crippen LogP contribution in [-0.2, 0) is 6.42 Å². The molecule has 29 heavy (non-hydrogen) atoms. The summed E-state index contributed by atoms with van der Waals surface area (Å²) in [6.45, 7) is 3.65. The van der Waals surface area contributed by atoms with Gasteiger partial charge < -0.3 is 9.80 Å². The first-order valence-electron chi connectivity index (χ1n) is 9.39. The Morgan fingerprint density at radius 1 is 1.14 bits per heavy atom. The lowest BCUT2D eigenvalue weighted by Crippen LogP contribution is -2.54. The van der Waals surface area contributed by atoms with E-state index in [9.17, 15) is 13.6 Å². The number of hydrogen-bond donors (Lipinski definition) is 0. The number of nitrogens with zero attached hydrogens (tertiary/aromatic N) is 4. The van der Waals surface area contributed by atoms with Crippen molar-refractivity contribution in [3.8, 4) is 0 Å². The Hall–Kier alpha value is -2.87. The Kier molecular flexibility index (Phi) is 5.53. The van der Waals surface area contributed by atoms with E-state index < -0.39 is 5.82 Å². The molecule has 1 aliphatic rings. The Labute approximate surface area is 171 Å². The molecule has 1 unspecified atom stereocenters. The van der Waals surface area contributed by atoms with Crippen LogP contribution in [0.4, 0.5) is 13.9 Å². The molecule has 1 amide bonds. The molecule has 0 saturated carbocycles. The van der Waals surface area contributed by atoms with Gasteiger partial charge in [0.15, 0.2) is 0 Å². The van der Waals surface area contributed by atoms with E-state index in [1.165, 1.54) is 35.8 Å². The van der Waals surface area contributed by atoms with Gasteiger partial charge in [-0.2, -0.15) is 4.37 Å². The first kappa shape index (κ1) is 19.4. The maximum atomic E-state index is 14.0. The van der Waals surface area contributed by atoms with E-state index in [4.69, 9.17) is 0 Å². The van der Waals surface area contributed by atoms with E-state index in [2.05, 4.69) is 14.3 Å². The fourth-order valence-corrected chi connectivity index (χ4v) is 4.17. The first-order chi connectivity index (χ1) is 14.0. The molecule has 0 bridgehead atoms. The van der Waals surface area contributed by atoms with Crippen LogP contribution in [0.25, 0.3) is 0 Å². The minimum Gasteiger partial charge on any atom is -0.343 e. The van der Waals surface area contributed by atoms with E-state index in [0.29, 0.717) is 31.9 Å². The molecule has 150 valence electrons. The van der Waals surface area contributed by atoms with Crippen LogP contribution in [-0.4, -0.2) is 45.8 Å². The Morgan fingerprint density at radius 2 is 1.90 bits per heavy atom. The quantitative estimate of drug-likeness (QED) is 0.652. The summed E-state index contributed by atoms with van der Waals surface area (Å²) < 4.78 is 31.4. The van der Waals surface area contributed by atoms with Crippen LogP contribution in [0.2, 0.25) is 0 Å². The molecular weight excluding hydrogens is 394 g/mol. The second-order valence-corrected chi connectivity index (χ2v) is 7.80. The van der Waals surface area contributed by atoms with E-state index in [1.54, 1.807) is 29.2 Å². The van der Waals surface area contributed by atoms with Crippen molar-refractivity contribution in [3.63, 3.8) is 0 Å². The van der Waals surface area contributed by atoms with Gasteiger partial charge in [0.1, 0.15) is 17.5 Å². The Balaban J connectivity index is 1.41. The highest BCUT2D eigenvalue weighted by molar-refractivity contribution is 7.09. The van der Waals surface area contributed by atoms with Gasteiger partial charge in [0, 0.05) is 43.6 Å². The monoisotopic (exact) mass is 414 g/mol. The second kappa shape index (κ2) is 8.24. The number of rotatable bonds is 4. The number of aromatic nitrogens is 2. The predicted molar refractivity (Wildman–Crippen MR) is 108 cm³/mol. The molecule has 1 aromatic heterocycles. The van der Waals surface area contributed by atoms with E-state index in [0.717, 1.165) is 10.7 Å². The lowest BCUT2D eigenvalue weighted by atomic mass is 10.1. The molecule has 5 nitrogen and oxygen atoms in total. The van der Waals surface area contributed by atoms with Crippen molar-refractivity contribution in [2.75, 3.05) is 24.5 Å². The number of amides is 1. The minimum atomic E-state index is -0.498. The van der Waals surface area contributed by atoms with Gasteiger partial charge >= 0.3 is 0 Å². The number of halogens is 2. The summed E-state index contributed by atoms with van der Waals surface area (Å²) in [6.07, 6.45) is 0.540. The molecule has 2 aromatic carbocycles. The van der Waals surface area contributed by atoms with Gasteiger partial charge in [-0.1, -0.05) is 24.3 Å². The zero-order valence-electron chi connectivity index (χ0n) is 15.9. The zero-order valence-corrected chi connectivity index (χ0v) is 16.7. The maximum absolute atomic E-state index is 14.0. The van der Waals surface area contributed by atoms with Crippen molar-refractivity contribution in [3.05, 3.63) is 77.1 Å². The third kappa shape index (κ3) is 4.27. The predicted octanol–water partition coefficient (Wildman–Crippen LogP) is 3.76. The lowest BCUT2D eigenvalue weighted by Gasteiger charge is -2.39. The number of hydrogen-bond acceptors (Lipinski definition) is 5. The average molecular weight is 414 g/mol. The standard InChI is InChI=1S/C21H20F2N4OS/c1-14-13-26(10-11-27(14)20(28)17-4-2-3-5-18(17)23)21-24-19(25-29-21)12-15-6-8-16(22)9-7-15/h2-9,14H,10-13H2,1H3. The number of anilines is 1. The molecule has 4 rings (SSSR count). The van der Waals surface area contributed by atoms with Gasteiger partial charge in [-0.25, -0.2) is 13.8 Å². The fourth-order valence-electron chi connectivity index (χ4n) is 3.45. The van der Waals surface area contributed by atoms with E-state index in [-0.39, 0.29) is 23.3 Å². The summed E-state index contributed by atoms with van der Waals surface area (Å²) in [5, 5.41) is 0.798. The van der Waals surface area contributed by atoms with Crippen LogP contribution in [0, 0.1) is 11.6 Å². The highest BCUT2D eigenvalue weighted by atomic mass is 32.1. The molecule has 0 spiro atoms.